The van der Waals surface area contributed by atoms with E-state index in [0.717, 1.165) is 11.7 Å². The van der Waals surface area contributed by atoms with Crippen molar-refractivity contribution >= 4 is 28.3 Å². The van der Waals surface area contributed by atoms with Gasteiger partial charge in [0.2, 0.25) is 0 Å². The predicted octanol–water partition coefficient (Wildman–Crippen LogP) is 3.18. The summed E-state index contributed by atoms with van der Waals surface area (Å²) in [6, 6.07) is 0. The smallest absolute Gasteiger partial charge is 0.131 e. The van der Waals surface area contributed by atoms with E-state index in [1.54, 1.807) is 11.8 Å². The molecular formula is C9H19NNiS2. The van der Waals surface area contributed by atoms with E-state index >= 15 is 0 Å². The first-order chi connectivity index (χ1) is 5.70. The molecule has 0 bridgehead atoms. The summed E-state index contributed by atoms with van der Waals surface area (Å²) in [4.78, 5) is 0. The van der Waals surface area contributed by atoms with Gasteiger partial charge in [0.25, 0.3) is 0 Å². The third-order valence-corrected chi connectivity index (χ3v) is 3.28. The Hall–Kier alpha value is 0.734. The fourth-order valence-electron chi connectivity index (χ4n) is 1.10. The van der Waals surface area contributed by atoms with Crippen LogP contribution in [0.25, 0.3) is 0 Å². The molecule has 0 aliphatic carbocycles. The van der Waals surface area contributed by atoms with Crippen LogP contribution in [-0.2, 0) is 16.5 Å². The fourth-order valence-corrected chi connectivity index (χ4v) is 2.10. The molecular weight excluding hydrogens is 245 g/mol. The summed E-state index contributed by atoms with van der Waals surface area (Å²) in [7, 11) is 0. The summed E-state index contributed by atoms with van der Waals surface area (Å²) >= 11 is 6.44. The first kappa shape index (κ1) is 16.2. The van der Waals surface area contributed by atoms with Gasteiger partial charge in [0.15, 0.2) is 0 Å². The van der Waals surface area contributed by atoms with Crippen LogP contribution in [0.2, 0.25) is 0 Å². The van der Waals surface area contributed by atoms with Crippen LogP contribution in [0.15, 0.2) is 0 Å². The normalized spacial score (nSPS) is 11.8. The molecule has 1 nitrogen and oxygen atoms in total. The second-order valence-corrected chi connectivity index (χ2v) is 4.81. The van der Waals surface area contributed by atoms with Gasteiger partial charge >= 0.3 is 0 Å². The van der Waals surface area contributed by atoms with Gasteiger partial charge in [-0.1, -0.05) is 57.1 Å². The van der Waals surface area contributed by atoms with Crippen molar-refractivity contribution in [1.82, 2.24) is 0 Å². The maximum atomic E-state index is 5.42. The molecule has 0 saturated carbocycles. The van der Waals surface area contributed by atoms with Crippen molar-refractivity contribution in [2.45, 2.75) is 39.5 Å². The molecule has 0 aromatic carbocycles. The van der Waals surface area contributed by atoms with Crippen molar-refractivity contribution < 1.29 is 16.5 Å². The Kier molecular flexibility index (Phi) is 13.5. The van der Waals surface area contributed by atoms with E-state index in [2.05, 4.69) is 13.8 Å². The molecule has 0 aromatic heterocycles. The SMILES string of the molecule is CCCCC(CC)CSC(N)=S.[Ni]. The molecule has 1 atom stereocenters. The van der Waals surface area contributed by atoms with Gasteiger partial charge in [0, 0.05) is 22.2 Å². The first-order valence-electron chi connectivity index (χ1n) is 4.62. The van der Waals surface area contributed by atoms with Crippen LogP contribution in [0.3, 0.4) is 0 Å². The van der Waals surface area contributed by atoms with E-state index in [1.807, 2.05) is 0 Å². The molecule has 0 heterocycles. The minimum atomic E-state index is 0. The summed E-state index contributed by atoms with van der Waals surface area (Å²) in [5.41, 5.74) is 5.42. The minimum Gasteiger partial charge on any atom is -0.385 e. The number of rotatable bonds is 6. The summed E-state index contributed by atoms with van der Waals surface area (Å²) in [6.07, 6.45) is 5.18. The molecule has 0 radical (unpaired) electrons. The molecule has 0 amide bonds. The Morgan fingerprint density at radius 1 is 1.46 bits per heavy atom. The van der Waals surface area contributed by atoms with Crippen LogP contribution in [0, 0.1) is 5.92 Å². The zero-order valence-electron chi connectivity index (χ0n) is 8.32. The van der Waals surface area contributed by atoms with Crippen molar-refractivity contribution in [1.29, 1.82) is 0 Å². The molecule has 0 fully saturated rings. The van der Waals surface area contributed by atoms with Crippen molar-refractivity contribution in [2.75, 3.05) is 5.75 Å². The van der Waals surface area contributed by atoms with Gasteiger partial charge in [-0.3, -0.25) is 0 Å². The van der Waals surface area contributed by atoms with Gasteiger partial charge < -0.3 is 5.73 Å². The van der Waals surface area contributed by atoms with E-state index in [-0.39, 0.29) is 16.5 Å². The van der Waals surface area contributed by atoms with Gasteiger partial charge in [0.1, 0.15) is 4.32 Å². The van der Waals surface area contributed by atoms with Crippen molar-refractivity contribution in [2.24, 2.45) is 11.7 Å². The molecule has 0 aliphatic rings. The van der Waals surface area contributed by atoms with Crippen molar-refractivity contribution in [3.63, 3.8) is 0 Å². The zero-order chi connectivity index (χ0) is 9.40. The third kappa shape index (κ3) is 10.7. The Morgan fingerprint density at radius 2 is 2.08 bits per heavy atom. The number of thioether (sulfide) groups is 1. The molecule has 0 saturated heterocycles. The number of nitrogens with two attached hydrogens (primary N) is 1. The maximum absolute atomic E-state index is 5.42. The van der Waals surface area contributed by atoms with Gasteiger partial charge in [-0.25, -0.2) is 0 Å². The summed E-state index contributed by atoms with van der Waals surface area (Å²) in [6.45, 7) is 4.47. The van der Waals surface area contributed by atoms with E-state index < -0.39 is 0 Å². The summed E-state index contributed by atoms with van der Waals surface area (Å²) in [5.74, 6) is 1.91. The molecule has 82 valence electrons. The van der Waals surface area contributed by atoms with Crippen LogP contribution in [-0.4, -0.2) is 10.1 Å². The second kappa shape index (κ2) is 10.8. The largest absolute Gasteiger partial charge is 0.385 e. The summed E-state index contributed by atoms with van der Waals surface area (Å²) in [5, 5.41) is 0. The Morgan fingerprint density at radius 3 is 2.46 bits per heavy atom. The fraction of sp³-hybridized carbons (Fsp3) is 0.889. The minimum absolute atomic E-state index is 0. The second-order valence-electron chi connectivity index (χ2n) is 3.05. The number of hydrogen-bond acceptors (Lipinski definition) is 2. The Bertz CT molecular complexity index is 131. The standard InChI is InChI=1S/C9H19NS2.Ni/c1-3-5-6-8(4-2)7-12-9(10)11;/h8H,3-7H2,1-2H3,(H2,10,11);. The number of hydrogen-bond donors (Lipinski definition) is 1. The molecule has 0 aliphatic heterocycles. The molecule has 13 heavy (non-hydrogen) atoms. The van der Waals surface area contributed by atoms with E-state index in [0.29, 0.717) is 4.32 Å². The van der Waals surface area contributed by atoms with E-state index in [4.69, 9.17) is 18.0 Å². The van der Waals surface area contributed by atoms with Crippen LogP contribution >= 0.6 is 24.0 Å². The molecule has 4 heteroatoms. The van der Waals surface area contributed by atoms with Gasteiger partial charge in [-0.05, 0) is 12.3 Å². The molecule has 0 rings (SSSR count). The Labute approximate surface area is 102 Å². The van der Waals surface area contributed by atoms with Crippen LogP contribution in [0.5, 0.6) is 0 Å². The van der Waals surface area contributed by atoms with Gasteiger partial charge in [-0.2, -0.15) is 0 Å². The number of unbranched alkanes of at least 4 members (excludes halogenated alkanes) is 1. The summed E-state index contributed by atoms with van der Waals surface area (Å²) < 4.78 is 0.588. The average molecular weight is 264 g/mol. The molecule has 0 spiro atoms. The maximum Gasteiger partial charge on any atom is 0.131 e. The van der Waals surface area contributed by atoms with Crippen molar-refractivity contribution in [3.05, 3.63) is 0 Å². The van der Waals surface area contributed by atoms with Gasteiger partial charge in [0.05, 0.1) is 0 Å². The van der Waals surface area contributed by atoms with Crippen molar-refractivity contribution in [3.8, 4) is 0 Å². The monoisotopic (exact) mass is 263 g/mol. The van der Waals surface area contributed by atoms with E-state index in [9.17, 15) is 0 Å². The number of thiocarbonyl (C=S) groups is 1. The Balaban J connectivity index is 0. The molecule has 0 aromatic rings. The van der Waals surface area contributed by atoms with Crippen LogP contribution in [0.1, 0.15) is 39.5 Å². The molecule has 1 unspecified atom stereocenters. The first-order valence-corrected chi connectivity index (χ1v) is 6.02. The molecule has 2 N–H and O–H groups in total. The van der Waals surface area contributed by atoms with E-state index in [1.165, 1.54) is 25.7 Å². The average Bonchev–Trinajstić information content (AvgIpc) is 2.05. The quantitative estimate of drug-likeness (QED) is 0.589. The predicted molar refractivity (Wildman–Crippen MR) is 62.5 cm³/mol. The zero-order valence-corrected chi connectivity index (χ0v) is 10.9. The topological polar surface area (TPSA) is 26.0 Å². The third-order valence-electron chi connectivity index (χ3n) is 2.00. The van der Waals surface area contributed by atoms with Crippen LogP contribution < -0.4 is 5.73 Å². The van der Waals surface area contributed by atoms with Crippen LogP contribution in [0.4, 0.5) is 0 Å². The van der Waals surface area contributed by atoms with Gasteiger partial charge in [-0.15, -0.1) is 0 Å².